The SMILES string of the molecule is CCCN1CCN(C(C)=O)C[C@H](Cc2cccc(-c3ccccc3F)c2)C1=O. The standard InChI is InChI=1S/C23H27FN2O2/c1-3-11-25-12-13-26(17(2)27)16-20(23(25)28)15-18-7-6-8-19(14-18)21-9-4-5-10-22(21)24/h4-10,14,20H,3,11-13,15-16H2,1-2H3/t20-/m0/s1. The molecule has 28 heavy (non-hydrogen) atoms. The smallest absolute Gasteiger partial charge is 0.227 e. The van der Waals surface area contributed by atoms with Gasteiger partial charge in [-0.3, -0.25) is 9.59 Å². The van der Waals surface area contributed by atoms with Gasteiger partial charge in [0, 0.05) is 38.7 Å². The zero-order valence-electron chi connectivity index (χ0n) is 16.5. The molecular weight excluding hydrogens is 355 g/mol. The average Bonchev–Trinajstić information content (AvgIpc) is 2.83. The van der Waals surface area contributed by atoms with E-state index >= 15 is 0 Å². The largest absolute Gasteiger partial charge is 0.341 e. The Morgan fingerprint density at radius 3 is 2.64 bits per heavy atom. The summed E-state index contributed by atoms with van der Waals surface area (Å²) in [7, 11) is 0. The molecule has 0 spiro atoms. The summed E-state index contributed by atoms with van der Waals surface area (Å²) >= 11 is 0. The van der Waals surface area contributed by atoms with Crippen LogP contribution in [0.5, 0.6) is 0 Å². The number of halogens is 1. The Morgan fingerprint density at radius 2 is 1.93 bits per heavy atom. The maximum atomic E-state index is 14.2. The Morgan fingerprint density at radius 1 is 1.14 bits per heavy atom. The molecule has 1 heterocycles. The minimum absolute atomic E-state index is 0.00347. The molecule has 1 aliphatic rings. The Kier molecular flexibility index (Phi) is 6.45. The number of hydrogen-bond acceptors (Lipinski definition) is 2. The first-order valence-electron chi connectivity index (χ1n) is 9.87. The van der Waals surface area contributed by atoms with Crippen molar-refractivity contribution in [3.05, 3.63) is 59.9 Å². The van der Waals surface area contributed by atoms with Gasteiger partial charge >= 0.3 is 0 Å². The molecule has 2 aromatic rings. The molecule has 0 N–H and O–H groups in total. The first-order chi connectivity index (χ1) is 13.5. The van der Waals surface area contributed by atoms with Gasteiger partial charge in [-0.05, 0) is 30.0 Å². The van der Waals surface area contributed by atoms with Gasteiger partial charge in [0.25, 0.3) is 0 Å². The van der Waals surface area contributed by atoms with E-state index in [9.17, 15) is 14.0 Å². The summed E-state index contributed by atoms with van der Waals surface area (Å²) < 4.78 is 14.2. The third-order valence-corrected chi connectivity index (χ3v) is 5.27. The highest BCUT2D eigenvalue weighted by Gasteiger charge is 2.31. The van der Waals surface area contributed by atoms with Crippen molar-refractivity contribution < 1.29 is 14.0 Å². The maximum Gasteiger partial charge on any atom is 0.227 e. The van der Waals surface area contributed by atoms with E-state index in [0.29, 0.717) is 38.2 Å². The van der Waals surface area contributed by atoms with E-state index in [1.165, 1.54) is 6.07 Å². The minimum atomic E-state index is -0.283. The van der Waals surface area contributed by atoms with Crippen molar-refractivity contribution in [2.75, 3.05) is 26.2 Å². The summed E-state index contributed by atoms with van der Waals surface area (Å²) in [5.74, 6) is -0.450. The summed E-state index contributed by atoms with van der Waals surface area (Å²) in [6.45, 7) is 5.89. The van der Waals surface area contributed by atoms with Crippen LogP contribution in [0.1, 0.15) is 25.8 Å². The van der Waals surface area contributed by atoms with Crippen molar-refractivity contribution in [3.63, 3.8) is 0 Å². The predicted molar refractivity (Wildman–Crippen MR) is 108 cm³/mol. The molecule has 1 aliphatic heterocycles. The first-order valence-corrected chi connectivity index (χ1v) is 9.87. The normalized spacial score (nSPS) is 17.5. The number of carbonyl (C=O) groups is 2. The molecule has 0 unspecified atom stereocenters. The number of hydrogen-bond donors (Lipinski definition) is 0. The average molecular weight is 382 g/mol. The topological polar surface area (TPSA) is 40.6 Å². The first kappa shape index (κ1) is 20.1. The van der Waals surface area contributed by atoms with E-state index < -0.39 is 0 Å². The van der Waals surface area contributed by atoms with Crippen molar-refractivity contribution in [1.29, 1.82) is 0 Å². The van der Waals surface area contributed by atoms with Gasteiger partial charge in [0.15, 0.2) is 0 Å². The monoisotopic (exact) mass is 382 g/mol. The minimum Gasteiger partial charge on any atom is -0.341 e. The summed E-state index contributed by atoms with van der Waals surface area (Å²) in [5.41, 5.74) is 2.32. The van der Waals surface area contributed by atoms with Crippen molar-refractivity contribution in [2.24, 2.45) is 5.92 Å². The van der Waals surface area contributed by atoms with Gasteiger partial charge in [-0.15, -0.1) is 0 Å². The van der Waals surface area contributed by atoms with E-state index in [4.69, 9.17) is 0 Å². The van der Waals surface area contributed by atoms with Crippen LogP contribution in [0.15, 0.2) is 48.5 Å². The Balaban J connectivity index is 1.85. The summed E-state index contributed by atoms with van der Waals surface area (Å²) in [6.07, 6.45) is 1.42. The van der Waals surface area contributed by atoms with Crippen LogP contribution in [0.2, 0.25) is 0 Å². The lowest BCUT2D eigenvalue weighted by Gasteiger charge is -2.23. The second kappa shape index (κ2) is 9.00. The van der Waals surface area contributed by atoms with Crippen molar-refractivity contribution in [1.82, 2.24) is 9.80 Å². The Bertz CT molecular complexity index is 852. The summed E-state index contributed by atoms with van der Waals surface area (Å²) in [4.78, 5) is 28.6. The van der Waals surface area contributed by atoms with Crippen LogP contribution >= 0.6 is 0 Å². The highest BCUT2D eigenvalue weighted by Crippen LogP contribution is 2.25. The van der Waals surface area contributed by atoms with Crippen molar-refractivity contribution in [2.45, 2.75) is 26.7 Å². The zero-order chi connectivity index (χ0) is 20.1. The molecule has 0 bridgehead atoms. The third kappa shape index (κ3) is 4.58. The molecule has 1 atom stereocenters. The highest BCUT2D eigenvalue weighted by molar-refractivity contribution is 5.81. The highest BCUT2D eigenvalue weighted by atomic mass is 19.1. The van der Waals surface area contributed by atoms with Gasteiger partial charge in [-0.1, -0.05) is 49.4 Å². The molecule has 0 radical (unpaired) electrons. The van der Waals surface area contributed by atoms with E-state index in [1.807, 2.05) is 42.2 Å². The van der Waals surface area contributed by atoms with Gasteiger partial charge in [0.1, 0.15) is 5.82 Å². The summed E-state index contributed by atoms with van der Waals surface area (Å²) in [5, 5.41) is 0. The van der Waals surface area contributed by atoms with Crippen LogP contribution in [0.25, 0.3) is 11.1 Å². The lowest BCUT2D eigenvalue weighted by atomic mass is 9.94. The van der Waals surface area contributed by atoms with Crippen molar-refractivity contribution in [3.8, 4) is 11.1 Å². The van der Waals surface area contributed by atoms with E-state index in [1.54, 1.807) is 24.0 Å². The number of benzene rings is 2. The van der Waals surface area contributed by atoms with Crippen LogP contribution in [-0.2, 0) is 16.0 Å². The molecule has 1 saturated heterocycles. The number of amides is 2. The maximum absolute atomic E-state index is 14.2. The molecule has 2 amide bonds. The molecule has 1 fully saturated rings. The van der Waals surface area contributed by atoms with Crippen LogP contribution in [0.4, 0.5) is 4.39 Å². The molecule has 0 aliphatic carbocycles. The molecule has 3 rings (SSSR count). The fourth-order valence-corrected chi connectivity index (χ4v) is 3.82. The molecule has 0 saturated carbocycles. The Labute approximate surface area is 166 Å². The van der Waals surface area contributed by atoms with Gasteiger partial charge in [0.2, 0.25) is 11.8 Å². The van der Waals surface area contributed by atoms with Gasteiger partial charge in [0.05, 0.1) is 5.92 Å². The second-order valence-corrected chi connectivity index (χ2v) is 7.37. The molecule has 4 nitrogen and oxygen atoms in total. The van der Waals surface area contributed by atoms with Gasteiger partial charge in [-0.25, -0.2) is 4.39 Å². The number of carbonyl (C=O) groups excluding carboxylic acids is 2. The van der Waals surface area contributed by atoms with E-state index in [0.717, 1.165) is 17.5 Å². The Hall–Kier alpha value is -2.69. The van der Waals surface area contributed by atoms with Crippen LogP contribution in [0, 0.1) is 11.7 Å². The summed E-state index contributed by atoms with van der Waals surface area (Å²) in [6, 6.07) is 14.4. The molecule has 0 aromatic heterocycles. The molecule has 148 valence electrons. The van der Waals surface area contributed by atoms with E-state index in [2.05, 4.69) is 0 Å². The predicted octanol–water partition coefficient (Wildman–Crippen LogP) is 3.75. The zero-order valence-corrected chi connectivity index (χ0v) is 16.5. The fourth-order valence-electron chi connectivity index (χ4n) is 3.82. The van der Waals surface area contributed by atoms with Gasteiger partial charge < -0.3 is 9.80 Å². The van der Waals surface area contributed by atoms with Gasteiger partial charge in [-0.2, -0.15) is 0 Å². The third-order valence-electron chi connectivity index (χ3n) is 5.27. The van der Waals surface area contributed by atoms with Crippen LogP contribution in [0.3, 0.4) is 0 Å². The van der Waals surface area contributed by atoms with Crippen molar-refractivity contribution >= 4 is 11.8 Å². The van der Waals surface area contributed by atoms with Crippen LogP contribution < -0.4 is 0 Å². The van der Waals surface area contributed by atoms with E-state index in [-0.39, 0.29) is 23.5 Å². The second-order valence-electron chi connectivity index (χ2n) is 7.37. The number of rotatable bonds is 5. The van der Waals surface area contributed by atoms with Crippen LogP contribution in [-0.4, -0.2) is 47.8 Å². The lowest BCUT2D eigenvalue weighted by molar-refractivity contribution is -0.134. The molecule has 5 heteroatoms. The lowest BCUT2D eigenvalue weighted by Crippen LogP contribution is -2.38. The fraction of sp³-hybridized carbons (Fsp3) is 0.391. The number of nitrogens with zero attached hydrogens (tertiary/aromatic N) is 2. The molecular formula is C23H27FN2O2. The quantitative estimate of drug-likeness (QED) is 0.790. The molecule has 2 aromatic carbocycles.